The molecule has 0 spiro atoms. The standard InChI is InChI=1S/C14H14F3N3O3S/c1-6(2)11(21)7-4-8-10(5-9(7)14(15,16)17)18-13(23)20(12(8)22)19-24-3/h4-6,19H,1-3H3,(H,18,23). The second-order valence-corrected chi connectivity index (χ2v) is 5.92. The second kappa shape index (κ2) is 6.34. The first-order valence-electron chi connectivity index (χ1n) is 6.81. The fourth-order valence-electron chi connectivity index (χ4n) is 2.19. The van der Waals surface area contributed by atoms with Crippen LogP contribution in [-0.4, -0.2) is 21.7 Å². The molecule has 1 heterocycles. The zero-order valence-corrected chi connectivity index (χ0v) is 13.8. The number of nitrogens with one attached hydrogen (secondary N) is 2. The molecule has 0 bridgehead atoms. The van der Waals surface area contributed by atoms with Crippen molar-refractivity contribution in [2.24, 2.45) is 5.92 Å². The van der Waals surface area contributed by atoms with E-state index in [4.69, 9.17) is 0 Å². The molecule has 0 aliphatic heterocycles. The summed E-state index contributed by atoms with van der Waals surface area (Å²) in [6.07, 6.45) is -3.23. The van der Waals surface area contributed by atoms with Crippen LogP contribution < -0.4 is 16.1 Å². The van der Waals surface area contributed by atoms with Gasteiger partial charge in [-0.05, 0) is 24.1 Å². The summed E-state index contributed by atoms with van der Waals surface area (Å²) >= 11 is 0.960. The fourth-order valence-corrected chi connectivity index (χ4v) is 2.54. The number of fused-ring (bicyclic) bond motifs is 1. The number of carbonyl (C=O) groups is 1. The summed E-state index contributed by atoms with van der Waals surface area (Å²) in [6, 6.07) is 1.51. The molecule has 2 rings (SSSR count). The highest BCUT2D eigenvalue weighted by molar-refractivity contribution is 7.99. The van der Waals surface area contributed by atoms with Gasteiger partial charge in [0.05, 0.1) is 16.5 Å². The van der Waals surface area contributed by atoms with Crippen molar-refractivity contribution >= 4 is 28.6 Å². The maximum Gasteiger partial charge on any atom is 0.417 e. The van der Waals surface area contributed by atoms with Gasteiger partial charge in [0, 0.05) is 17.7 Å². The molecule has 0 aliphatic rings. The molecule has 130 valence electrons. The van der Waals surface area contributed by atoms with Crippen LogP contribution in [0.2, 0.25) is 0 Å². The maximum atomic E-state index is 13.3. The van der Waals surface area contributed by atoms with E-state index in [0.29, 0.717) is 10.7 Å². The topological polar surface area (TPSA) is 84.0 Å². The smallest absolute Gasteiger partial charge is 0.305 e. The van der Waals surface area contributed by atoms with Crippen LogP contribution in [0.15, 0.2) is 21.7 Å². The van der Waals surface area contributed by atoms with Crippen molar-refractivity contribution in [2.75, 3.05) is 11.1 Å². The number of ketones is 1. The van der Waals surface area contributed by atoms with Crippen molar-refractivity contribution in [1.82, 2.24) is 9.66 Å². The number of rotatable bonds is 4. The van der Waals surface area contributed by atoms with Crippen LogP contribution in [-0.2, 0) is 6.18 Å². The van der Waals surface area contributed by atoms with Gasteiger partial charge in [0.25, 0.3) is 5.56 Å². The van der Waals surface area contributed by atoms with E-state index in [1.807, 2.05) is 0 Å². The molecule has 0 aliphatic carbocycles. The molecular weight excluding hydrogens is 347 g/mol. The van der Waals surface area contributed by atoms with Gasteiger partial charge < -0.3 is 4.98 Å². The van der Waals surface area contributed by atoms with E-state index in [2.05, 4.69) is 9.82 Å². The first-order chi connectivity index (χ1) is 11.1. The van der Waals surface area contributed by atoms with Gasteiger partial charge in [0.2, 0.25) is 0 Å². The molecule has 6 nitrogen and oxygen atoms in total. The third-order valence-electron chi connectivity index (χ3n) is 3.31. The maximum absolute atomic E-state index is 13.3. The Bertz CT molecular complexity index is 916. The summed E-state index contributed by atoms with van der Waals surface area (Å²) in [5.41, 5.74) is -3.80. The molecule has 0 saturated carbocycles. The summed E-state index contributed by atoms with van der Waals surface area (Å²) in [5, 5.41) is -0.187. The fraction of sp³-hybridized carbons (Fsp3) is 0.357. The summed E-state index contributed by atoms with van der Waals surface area (Å²) < 4.78 is 40.4. The van der Waals surface area contributed by atoms with Crippen LogP contribution in [0.25, 0.3) is 10.9 Å². The van der Waals surface area contributed by atoms with Crippen molar-refractivity contribution in [1.29, 1.82) is 0 Å². The van der Waals surface area contributed by atoms with Crippen molar-refractivity contribution < 1.29 is 18.0 Å². The lowest BCUT2D eigenvalue weighted by Gasteiger charge is -2.15. The Morgan fingerprint density at radius 1 is 1.29 bits per heavy atom. The molecule has 10 heteroatoms. The van der Waals surface area contributed by atoms with E-state index in [1.165, 1.54) is 13.8 Å². The van der Waals surface area contributed by atoms with Crippen LogP contribution in [0.4, 0.5) is 13.2 Å². The zero-order valence-electron chi connectivity index (χ0n) is 12.9. The second-order valence-electron chi connectivity index (χ2n) is 5.33. The molecule has 0 radical (unpaired) electrons. The first-order valence-corrected chi connectivity index (χ1v) is 8.04. The monoisotopic (exact) mass is 361 g/mol. The van der Waals surface area contributed by atoms with Crippen molar-refractivity contribution in [2.45, 2.75) is 20.0 Å². The highest BCUT2D eigenvalue weighted by Crippen LogP contribution is 2.34. The number of Topliss-reactive ketones (excluding diaryl/α,β-unsaturated/α-hetero) is 1. The van der Waals surface area contributed by atoms with E-state index in [0.717, 1.165) is 18.0 Å². The van der Waals surface area contributed by atoms with E-state index in [-0.39, 0.29) is 10.9 Å². The third-order valence-corrected chi connectivity index (χ3v) is 3.68. The highest BCUT2D eigenvalue weighted by atomic mass is 32.2. The Hall–Kier alpha value is -2.23. The number of carbonyl (C=O) groups excluding carboxylic acids is 1. The number of benzene rings is 1. The number of alkyl halides is 3. The van der Waals surface area contributed by atoms with Crippen molar-refractivity contribution in [3.05, 3.63) is 44.1 Å². The zero-order chi connectivity index (χ0) is 18.2. The summed E-state index contributed by atoms with van der Waals surface area (Å²) in [5.74, 6) is -1.42. The summed E-state index contributed by atoms with van der Waals surface area (Å²) in [4.78, 5) is 40.9. The van der Waals surface area contributed by atoms with E-state index in [9.17, 15) is 27.6 Å². The Kier molecular flexibility index (Phi) is 4.79. The minimum atomic E-state index is -4.79. The SMILES string of the molecule is CSNn1c(=O)[nH]c2cc(C(F)(F)F)c(C(=O)C(C)C)cc2c1=O. The first kappa shape index (κ1) is 18.1. The van der Waals surface area contributed by atoms with Gasteiger partial charge >= 0.3 is 11.9 Å². The van der Waals surface area contributed by atoms with Crippen LogP contribution in [0.1, 0.15) is 29.8 Å². The molecule has 0 saturated heterocycles. The highest BCUT2D eigenvalue weighted by Gasteiger charge is 2.36. The van der Waals surface area contributed by atoms with Crippen LogP contribution in [0.3, 0.4) is 0 Å². The van der Waals surface area contributed by atoms with E-state index < -0.39 is 40.3 Å². The van der Waals surface area contributed by atoms with Crippen LogP contribution in [0, 0.1) is 5.92 Å². The van der Waals surface area contributed by atoms with Crippen molar-refractivity contribution in [3.8, 4) is 0 Å². The molecular formula is C14H14F3N3O3S. The predicted molar refractivity (Wildman–Crippen MR) is 85.9 cm³/mol. The predicted octanol–water partition coefficient (Wildman–Crippen LogP) is 2.37. The van der Waals surface area contributed by atoms with Gasteiger partial charge in [-0.3, -0.25) is 14.4 Å². The van der Waals surface area contributed by atoms with Crippen LogP contribution >= 0.6 is 11.9 Å². The third kappa shape index (κ3) is 3.18. The summed E-state index contributed by atoms with van der Waals surface area (Å²) in [6.45, 7) is 2.93. The Morgan fingerprint density at radius 2 is 1.92 bits per heavy atom. The molecule has 0 atom stereocenters. The van der Waals surface area contributed by atoms with Gasteiger partial charge in [-0.15, -0.1) is 0 Å². The average Bonchev–Trinajstić information content (AvgIpc) is 2.48. The minimum Gasteiger partial charge on any atom is -0.305 e. The van der Waals surface area contributed by atoms with Gasteiger partial charge in [-0.25, -0.2) is 4.79 Å². The molecule has 0 amide bonds. The summed E-state index contributed by atoms with van der Waals surface area (Å²) in [7, 11) is 0. The molecule has 1 aromatic carbocycles. The number of hydrogen-bond acceptors (Lipinski definition) is 5. The lowest BCUT2D eigenvalue weighted by atomic mass is 9.94. The van der Waals surface area contributed by atoms with Gasteiger partial charge in [-0.1, -0.05) is 13.8 Å². The number of H-pyrrole nitrogens is 1. The number of nitrogens with zero attached hydrogens (tertiary/aromatic N) is 1. The quantitative estimate of drug-likeness (QED) is 0.645. The Labute approximate surface area is 138 Å². The number of hydrogen-bond donors (Lipinski definition) is 2. The van der Waals surface area contributed by atoms with E-state index >= 15 is 0 Å². The molecule has 2 aromatic rings. The molecule has 1 aromatic heterocycles. The largest absolute Gasteiger partial charge is 0.417 e. The van der Waals surface area contributed by atoms with E-state index in [1.54, 1.807) is 6.26 Å². The molecule has 24 heavy (non-hydrogen) atoms. The molecule has 0 unspecified atom stereocenters. The lowest BCUT2D eigenvalue weighted by Crippen LogP contribution is -2.39. The van der Waals surface area contributed by atoms with Gasteiger partial charge in [0.1, 0.15) is 0 Å². The molecule has 0 fully saturated rings. The van der Waals surface area contributed by atoms with Gasteiger partial charge in [0.15, 0.2) is 5.78 Å². The number of aromatic nitrogens is 2. The number of aromatic amines is 1. The van der Waals surface area contributed by atoms with Gasteiger partial charge in [-0.2, -0.15) is 17.8 Å². The van der Waals surface area contributed by atoms with Crippen molar-refractivity contribution in [3.63, 3.8) is 0 Å². The van der Waals surface area contributed by atoms with Crippen LogP contribution in [0.5, 0.6) is 0 Å². The lowest BCUT2D eigenvalue weighted by molar-refractivity contribution is -0.137. The normalized spacial score (nSPS) is 12.0. The molecule has 2 N–H and O–H groups in total. The average molecular weight is 361 g/mol. The number of halogens is 3. The Balaban J connectivity index is 2.91. The Morgan fingerprint density at radius 3 is 2.42 bits per heavy atom. The minimum absolute atomic E-state index is 0.187.